The number of hydrogen-bond acceptors (Lipinski definition) is 14. The Morgan fingerprint density at radius 2 is 1.87 bits per heavy atom. The number of ether oxygens (including phenoxy) is 2. The van der Waals surface area contributed by atoms with Crippen LogP contribution in [0.4, 0.5) is 11.5 Å². The molecule has 4 rings (SSSR count). The molecular formula is C23H32N5O15P3. The lowest BCUT2D eigenvalue weighted by atomic mass is 10.0. The molecule has 0 saturated carbocycles. The summed E-state index contributed by atoms with van der Waals surface area (Å²) in [7, 11) is -16.8. The number of anilines is 1. The van der Waals surface area contributed by atoms with Gasteiger partial charge in [0.05, 0.1) is 41.3 Å². The fraction of sp³-hybridized carbons (Fsp3) is 0.478. The molecule has 3 aromatic rings. The average molecular weight is 711 g/mol. The van der Waals surface area contributed by atoms with Gasteiger partial charge in [0.15, 0.2) is 0 Å². The van der Waals surface area contributed by atoms with Crippen molar-refractivity contribution < 1.29 is 65.9 Å². The maximum atomic E-state index is 12.1. The number of nitrogen functional groups attached to an aromatic ring is 1. The Morgan fingerprint density at radius 1 is 1.15 bits per heavy atom. The molecule has 20 nitrogen and oxygen atoms in total. The van der Waals surface area contributed by atoms with E-state index >= 15 is 0 Å². The number of hydrogen-bond donors (Lipinski definition) is 6. The first-order valence-electron chi connectivity index (χ1n) is 13.6. The van der Waals surface area contributed by atoms with E-state index in [0.717, 1.165) is 12.8 Å². The Kier molecular flexibility index (Phi) is 11.5. The fourth-order valence-electron chi connectivity index (χ4n) is 4.86. The van der Waals surface area contributed by atoms with Crippen LogP contribution in [0.15, 0.2) is 36.8 Å². The molecule has 3 heterocycles. The molecule has 6 atom stereocenters. The standard InChI is InChI=1S/C23H32N5O15P3/c1-2-3-8-18(15-6-4-5-7-16(15)28(30)31)39-11-14-10-27(23-21(14)22(24)25-13-26-23)20-9-17(29)19(41-20)12-40-45(35,36)43-46(37,38)42-44(32,33)34/h4-7,10,13,17-20,29H,2-3,8-9,11-12H2,1H3,(H,35,36)(H,37,38)(H2,24,25,26)(H2,32,33,34)/t17-,18+,19?,20-/m1/s1. The number of fused-ring (bicyclic) bond motifs is 1. The number of nitrogens with zero attached hydrogens (tertiary/aromatic N) is 4. The molecule has 0 bridgehead atoms. The molecule has 1 fully saturated rings. The molecule has 0 radical (unpaired) electrons. The Morgan fingerprint density at radius 3 is 2.54 bits per heavy atom. The van der Waals surface area contributed by atoms with E-state index in [2.05, 4.69) is 23.1 Å². The summed E-state index contributed by atoms with van der Waals surface area (Å²) in [6.07, 6.45) is 0.603. The molecule has 3 unspecified atom stereocenters. The van der Waals surface area contributed by atoms with E-state index in [1.807, 2.05) is 6.92 Å². The first-order chi connectivity index (χ1) is 21.5. The second kappa shape index (κ2) is 14.6. The van der Waals surface area contributed by atoms with Gasteiger partial charge in [-0.15, -0.1) is 0 Å². The van der Waals surface area contributed by atoms with Crippen molar-refractivity contribution in [1.29, 1.82) is 0 Å². The number of para-hydroxylation sites is 1. The number of nitro benzene ring substituents is 1. The SMILES string of the molecule is CCCC[C@H](OCc1cn([C@H]2C[C@@H](O)C(COP(=O)(O)OP(=O)(O)OP(=O)(O)O)O2)c2ncnc(N)c12)c1ccccc1[N+](=O)[O-]. The van der Waals surface area contributed by atoms with Crippen LogP contribution in [0, 0.1) is 10.1 Å². The highest BCUT2D eigenvalue weighted by Gasteiger charge is 2.43. The molecule has 1 aliphatic heterocycles. The molecule has 23 heteroatoms. The van der Waals surface area contributed by atoms with Crippen LogP contribution in [0.2, 0.25) is 0 Å². The Hall–Kier alpha value is -2.67. The number of nitrogens with two attached hydrogens (primary N) is 1. The molecule has 2 aromatic heterocycles. The van der Waals surface area contributed by atoms with E-state index in [1.165, 1.54) is 17.0 Å². The maximum absolute atomic E-state index is 12.1. The molecule has 1 aromatic carbocycles. The van der Waals surface area contributed by atoms with Crippen molar-refractivity contribution in [2.75, 3.05) is 12.3 Å². The van der Waals surface area contributed by atoms with Crippen LogP contribution in [-0.2, 0) is 42.9 Å². The summed E-state index contributed by atoms with van der Waals surface area (Å²) in [6.45, 7) is 1.06. The number of aliphatic hydroxyl groups is 1. The number of phosphoric ester groups is 1. The minimum atomic E-state index is -5.73. The van der Waals surface area contributed by atoms with Crippen molar-refractivity contribution in [1.82, 2.24) is 14.5 Å². The summed E-state index contributed by atoms with van der Waals surface area (Å²) in [4.78, 5) is 55.9. The van der Waals surface area contributed by atoms with E-state index < -0.39 is 59.5 Å². The second-order valence-electron chi connectivity index (χ2n) is 10.1. The van der Waals surface area contributed by atoms with E-state index in [-0.39, 0.29) is 30.2 Å². The fourth-order valence-corrected chi connectivity index (χ4v) is 7.89. The van der Waals surface area contributed by atoms with Crippen LogP contribution in [-0.4, -0.2) is 63.0 Å². The Bertz CT molecular complexity index is 1700. The number of phosphoric acid groups is 3. The van der Waals surface area contributed by atoms with Gasteiger partial charge >= 0.3 is 23.5 Å². The summed E-state index contributed by atoms with van der Waals surface area (Å²) in [5.41, 5.74) is 7.30. The van der Waals surface area contributed by atoms with Gasteiger partial charge in [0.25, 0.3) is 5.69 Å². The van der Waals surface area contributed by atoms with Gasteiger partial charge in [0, 0.05) is 24.2 Å². The van der Waals surface area contributed by atoms with Crippen molar-refractivity contribution in [3.8, 4) is 0 Å². The van der Waals surface area contributed by atoms with Crippen LogP contribution in [0.5, 0.6) is 0 Å². The van der Waals surface area contributed by atoms with Crippen molar-refractivity contribution in [3.05, 3.63) is 58.0 Å². The number of benzene rings is 1. The highest BCUT2D eigenvalue weighted by Crippen LogP contribution is 2.66. The van der Waals surface area contributed by atoms with Gasteiger partial charge < -0.3 is 44.5 Å². The van der Waals surface area contributed by atoms with E-state index in [0.29, 0.717) is 22.9 Å². The molecule has 254 valence electrons. The van der Waals surface area contributed by atoms with Gasteiger partial charge in [-0.25, -0.2) is 23.7 Å². The van der Waals surface area contributed by atoms with Crippen molar-refractivity contribution in [2.45, 2.75) is 63.8 Å². The highest BCUT2D eigenvalue weighted by molar-refractivity contribution is 7.66. The van der Waals surface area contributed by atoms with Gasteiger partial charge in [-0.05, 0) is 12.5 Å². The molecule has 0 aliphatic carbocycles. The number of aliphatic hydroxyl groups excluding tert-OH is 1. The minimum absolute atomic E-state index is 0.0632. The summed E-state index contributed by atoms with van der Waals surface area (Å²) < 4.78 is 60.0. The molecule has 7 N–H and O–H groups in total. The zero-order chi connectivity index (χ0) is 33.9. The third-order valence-corrected chi connectivity index (χ3v) is 10.6. The normalized spacial score (nSPS) is 22.0. The third-order valence-electron chi connectivity index (χ3n) is 6.79. The summed E-state index contributed by atoms with van der Waals surface area (Å²) in [5, 5.41) is 22.7. The van der Waals surface area contributed by atoms with Gasteiger partial charge in [-0.2, -0.15) is 8.62 Å². The monoisotopic (exact) mass is 711 g/mol. The van der Waals surface area contributed by atoms with Gasteiger partial charge in [-0.3, -0.25) is 14.6 Å². The minimum Gasteiger partial charge on any atom is -0.390 e. The van der Waals surface area contributed by atoms with Crippen molar-refractivity contribution in [2.24, 2.45) is 0 Å². The highest BCUT2D eigenvalue weighted by atomic mass is 31.3. The smallest absolute Gasteiger partial charge is 0.390 e. The number of unbranched alkanes of at least 4 members (excludes halogenated alkanes) is 1. The molecule has 46 heavy (non-hydrogen) atoms. The molecule has 1 aliphatic rings. The summed E-state index contributed by atoms with van der Waals surface area (Å²) in [6, 6.07) is 6.29. The van der Waals surface area contributed by atoms with Crippen LogP contribution in [0.3, 0.4) is 0 Å². The number of rotatable bonds is 16. The summed E-state index contributed by atoms with van der Waals surface area (Å²) >= 11 is 0. The van der Waals surface area contributed by atoms with E-state index in [1.54, 1.807) is 24.4 Å². The largest absolute Gasteiger partial charge is 0.490 e. The second-order valence-corrected chi connectivity index (χ2v) is 14.5. The van der Waals surface area contributed by atoms with Crippen LogP contribution < -0.4 is 5.73 Å². The third kappa shape index (κ3) is 9.23. The summed E-state index contributed by atoms with van der Waals surface area (Å²) in [5.74, 6) is 0.0981. The lowest BCUT2D eigenvalue weighted by Crippen LogP contribution is -2.26. The predicted molar refractivity (Wildman–Crippen MR) is 156 cm³/mol. The lowest BCUT2D eigenvalue weighted by Gasteiger charge is -2.19. The van der Waals surface area contributed by atoms with Gasteiger partial charge in [0.2, 0.25) is 0 Å². The predicted octanol–water partition coefficient (Wildman–Crippen LogP) is 3.36. The molecule has 0 amide bonds. The topological polar surface area (TPSA) is 298 Å². The number of aromatic nitrogens is 3. The molecule has 0 spiro atoms. The Labute approximate surface area is 260 Å². The lowest BCUT2D eigenvalue weighted by molar-refractivity contribution is -0.386. The first-order valence-corrected chi connectivity index (χ1v) is 18.1. The van der Waals surface area contributed by atoms with Crippen LogP contribution >= 0.6 is 23.5 Å². The van der Waals surface area contributed by atoms with E-state index in [4.69, 9.17) is 25.0 Å². The molecular weight excluding hydrogens is 679 g/mol. The molecule has 1 saturated heterocycles. The van der Waals surface area contributed by atoms with Crippen molar-refractivity contribution in [3.63, 3.8) is 0 Å². The van der Waals surface area contributed by atoms with Crippen LogP contribution in [0.25, 0.3) is 11.0 Å². The van der Waals surface area contributed by atoms with Crippen molar-refractivity contribution >= 4 is 46.0 Å². The van der Waals surface area contributed by atoms with Gasteiger partial charge in [-0.1, -0.05) is 31.9 Å². The first kappa shape index (κ1) is 36.2. The van der Waals surface area contributed by atoms with Crippen LogP contribution in [0.1, 0.15) is 56.1 Å². The Balaban J connectivity index is 1.52. The zero-order valence-corrected chi connectivity index (χ0v) is 26.7. The van der Waals surface area contributed by atoms with Gasteiger partial charge in [0.1, 0.15) is 30.1 Å². The maximum Gasteiger partial charge on any atom is 0.490 e. The van der Waals surface area contributed by atoms with E-state index in [9.17, 15) is 38.7 Å². The zero-order valence-electron chi connectivity index (χ0n) is 24.0. The average Bonchev–Trinajstić information content (AvgIpc) is 3.50. The number of nitro groups is 1. The quantitative estimate of drug-likeness (QED) is 0.0705.